The molecule has 83 heavy (non-hydrogen) atoms. The standard InChI is InChI=1S/C56H43F2N19O3S3/c1-32-33(2)68-80-49(32)75-47-28-35(34-12-9-16-40(26-34)79-56(57,58)50(78)65-48-20-11-15-39(61-48)31-83-54-62-42-17-5-6-19-45(42)76(54)51-66-69-71-73(51)3)21-23-43(47)63-53(75)82-30-38-14-10-18-41(60-38)36-22-24-46-44(27-36)64-55(77(46)52-67-70-72-74(52)4)81-29-37-13-7-8-25-59-37/h5-28H,29-31H2,1-4H3,(H,61,65,78). The molecular formula is C56H43F2N19O3S3. The van der Waals surface area contributed by atoms with Crippen LogP contribution in [0, 0.1) is 13.8 Å². The molecule has 0 atom stereocenters. The predicted molar refractivity (Wildman–Crippen MR) is 307 cm³/mol. The molecule has 13 rings (SSSR count). The van der Waals surface area contributed by atoms with Crippen molar-refractivity contribution >= 4 is 80.1 Å². The molecule has 9 heterocycles. The summed E-state index contributed by atoms with van der Waals surface area (Å²) in [6.45, 7) is 3.79. The average molecular weight is 1160 g/mol. The Kier molecular flexibility index (Phi) is 13.9. The molecule has 0 unspecified atom stereocenters. The van der Waals surface area contributed by atoms with E-state index in [1.54, 1.807) is 61.0 Å². The number of benzene rings is 4. The van der Waals surface area contributed by atoms with Gasteiger partial charge in [0, 0.05) is 48.7 Å². The summed E-state index contributed by atoms with van der Waals surface area (Å²) in [4.78, 5) is 42.1. The third-order valence-corrected chi connectivity index (χ3v) is 16.2. The highest BCUT2D eigenvalue weighted by molar-refractivity contribution is 7.98. The summed E-state index contributed by atoms with van der Waals surface area (Å²) in [6.07, 6.45) is -2.52. The zero-order valence-corrected chi connectivity index (χ0v) is 46.7. The van der Waals surface area contributed by atoms with Gasteiger partial charge in [-0.3, -0.25) is 28.5 Å². The summed E-state index contributed by atoms with van der Waals surface area (Å²) in [5.41, 5.74) is 11.0. The largest absolute Gasteiger partial charge is 0.482 e. The number of amides is 1. The first kappa shape index (κ1) is 52.6. The number of thioether (sulfide) groups is 3. The van der Waals surface area contributed by atoms with E-state index in [1.807, 2.05) is 125 Å². The molecule has 1 N–H and O–H groups in total. The van der Waals surface area contributed by atoms with Gasteiger partial charge in [-0.1, -0.05) is 105 Å². The first-order valence-electron chi connectivity index (χ1n) is 25.5. The van der Waals surface area contributed by atoms with E-state index in [2.05, 4.69) is 51.5 Å². The summed E-state index contributed by atoms with van der Waals surface area (Å²) in [6, 6.07) is 41.8. The zero-order chi connectivity index (χ0) is 56.8. The Morgan fingerprint density at radius 2 is 1.20 bits per heavy atom. The van der Waals surface area contributed by atoms with Crippen molar-refractivity contribution in [3.05, 3.63) is 174 Å². The fourth-order valence-corrected chi connectivity index (χ4v) is 11.9. The van der Waals surface area contributed by atoms with Crippen molar-refractivity contribution in [2.24, 2.45) is 14.1 Å². The number of alkyl halides is 2. The van der Waals surface area contributed by atoms with Crippen molar-refractivity contribution in [1.29, 1.82) is 0 Å². The van der Waals surface area contributed by atoms with Crippen LogP contribution in [0.1, 0.15) is 28.3 Å². The molecule has 0 saturated carbocycles. The monoisotopic (exact) mass is 1160 g/mol. The fraction of sp³-hybridized carbons (Fsp3) is 0.143. The number of nitrogens with one attached hydrogen (secondary N) is 1. The van der Waals surface area contributed by atoms with Gasteiger partial charge in [0.1, 0.15) is 11.6 Å². The van der Waals surface area contributed by atoms with Gasteiger partial charge in [0.05, 0.1) is 61.6 Å². The third-order valence-electron chi connectivity index (χ3n) is 13.3. The number of para-hydroxylation sites is 2. The maximum Gasteiger partial charge on any atom is 0.482 e. The van der Waals surface area contributed by atoms with Gasteiger partial charge in [0.2, 0.25) is 5.88 Å². The minimum absolute atomic E-state index is 0.0841. The number of halogens is 2. The van der Waals surface area contributed by atoms with Crippen molar-refractivity contribution in [2.75, 3.05) is 5.32 Å². The minimum atomic E-state index is -4.29. The number of carbonyl (C=O) groups is 1. The molecular weight excluding hydrogens is 1120 g/mol. The molecule has 13 aromatic rings. The van der Waals surface area contributed by atoms with Gasteiger partial charge >= 0.3 is 12.0 Å². The number of nitrogens with zero attached hydrogens (tertiary/aromatic N) is 18. The van der Waals surface area contributed by atoms with E-state index in [9.17, 15) is 4.79 Å². The van der Waals surface area contributed by atoms with Crippen LogP contribution in [0.3, 0.4) is 0 Å². The van der Waals surface area contributed by atoms with Crippen LogP contribution in [0.2, 0.25) is 0 Å². The van der Waals surface area contributed by atoms with Crippen LogP contribution in [0.25, 0.3) is 73.3 Å². The van der Waals surface area contributed by atoms with Crippen molar-refractivity contribution in [2.45, 2.75) is 52.7 Å². The van der Waals surface area contributed by atoms with Gasteiger partial charge in [0.15, 0.2) is 15.5 Å². The second-order valence-electron chi connectivity index (χ2n) is 18.8. The molecule has 0 saturated heterocycles. The first-order valence-corrected chi connectivity index (χ1v) is 28.5. The number of imidazole rings is 3. The number of hydrogen-bond acceptors (Lipinski definition) is 19. The molecule has 27 heteroatoms. The van der Waals surface area contributed by atoms with Crippen LogP contribution in [-0.4, -0.2) is 101 Å². The number of hydrogen-bond donors (Lipinski definition) is 1. The summed E-state index contributed by atoms with van der Waals surface area (Å²) in [5, 5.41) is 32.6. The quantitative estimate of drug-likeness (QED) is 0.0785. The van der Waals surface area contributed by atoms with Crippen molar-refractivity contribution < 1.29 is 22.8 Å². The van der Waals surface area contributed by atoms with Crippen LogP contribution < -0.4 is 10.1 Å². The van der Waals surface area contributed by atoms with Gasteiger partial charge in [-0.2, -0.15) is 8.78 Å². The maximum atomic E-state index is 15.8. The van der Waals surface area contributed by atoms with E-state index in [1.165, 1.54) is 46.4 Å². The number of ether oxygens (including phenoxy) is 1. The van der Waals surface area contributed by atoms with E-state index in [-0.39, 0.29) is 17.3 Å². The van der Waals surface area contributed by atoms with E-state index >= 15 is 8.78 Å². The van der Waals surface area contributed by atoms with E-state index in [0.29, 0.717) is 78.3 Å². The summed E-state index contributed by atoms with van der Waals surface area (Å²) in [5.74, 6) is 0.770. The predicted octanol–water partition coefficient (Wildman–Crippen LogP) is 10.4. The number of fused-ring (bicyclic) bond motifs is 3. The van der Waals surface area contributed by atoms with Crippen LogP contribution in [0.5, 0.6) is 5.75 Å². The number of anilines is 1. The summed E-state index contributed by atoms with van der Waals surface area (Å²) in [7, 11) is 3.51. The van der Waals surface area contributed by atoms with Gasteiger partial charge in [0.25, 0.3) is 11.9 Å². The third kappa shape index (κ3) is 10.5. The molecule has 0 radical (unpaired) electrons. The molecule has 4 aromatic carbocycles. The molecule has 412 valence electrons. The second-order valence-corrected chi connectivity index (χ2v) is 21.6. The maximum absolute atomic E-state index is 15.8. The number of carbonyl (C=O) groups excluding carboxylic acids is 1. The summed E-state index contributed by atoms with van der Waals surface area (Å²) >= 11 is 4.36. The molecule has 0 aliphatic rings. The van der Waals surface area contributed by atoms with E-state index in [4.69, 9.17) is 29.2 Å². The lowest BCUT2D eigenvalue weighted by Gasteiger charge is -2.18. The Morgan fingerprint density at radius 1 is 0.590 bits per heavy atom. The topological polar surface area (TPSA) is 244 Å². The number of tetrazole rings is 2. The van der Waals surface area contributed by atoms with Gasteiger partial charge in [-0.15, -0.1) is 0 Å². The fourth-order valence-electron chi connectivity index (χ4n) is 9.14. The number of aromatic nitrogens is 18. The zero-order valence-electron chi connectivity index (χ0n) is 44.2. The Hall–Kier alpha value is -9.73. The molecule has 0 fully saturated rings. The number of rotatable bonds is 18. The number of pyridine rings is 3. The highest BCUT2D eigenvalue weighted by Gasteiger charge is 2.43. The van der Waals surface area contributed by atoms with Crippen LogP contribution in [0.15, 0.2) is 166 Å². The van der Waals surface area contributed by atoms with Gasteiger partial charge in [-0.25, -0.2) is 29.3 Å². The second kappa shape index (κ2) is 22.0. The highest BCUT2D eigenvalue weighted by atomic mass is 32.2. The Bertz CT molecular complexity index is 4580. The van der Waals surface area contributed by atoms with Crippen LogP contribution in [-0.2, 0) is 36.1 Å². The Morgan fingerprint density at radius 3 is 1.90 bits per heavy atom. The van der Waals surface area contributed by atoms with E-state index in [0.717, 1.165) is 50.3 Å². The molecule has 0 bridgehead atoms. The first-order chi connectivity index (χ1) is 40.4. The van der Waals surface area contributed by atoms with Gasteiger partial charge < -0.3 is 14.6 Å². The highest BCUT2D eigenvalue weighted by Crippen LogP contribution is 2.37. The average Bonchev–Trinajstić information content (AvgIpc) is 4.50. The molecule has 0 aliphatic heterocycles. The molecule has 9 aromatic heterocycles. The lowest BCUT2D eigenvalue weighted by atomic mass is 10.0. The normalized spacial score (nSPS) is 11.8. The van der Waals surface area contributed by atoms with E-state index < -0.39 is 12.0 Å². The lowest BCUT2D eigenvalue weighted by Crippen LogP contribution is -2.40. The molecule has 1 amide bonds. The molecule has 0 aliphatic carbocycles. The molecule has 0 spiro atoms. The van der Waals surface area contributed by atoms with Crippen LogP contribution >= 0.6 is 35.3 Å². The van der Waals surface area contributed by atoms with Crippen molar-refractivity contribution in [3.63, 3.8) is 0 Å². The summed E-state index contributed by atoms with van der Waals surface area (Å²) < 4.78 is 51.4. The van der Waals surface area contributed by atoms with Crippen LogP contribution in [0.4, 0.5) is 14.6 Å². The number of aryl methyl sites for hydroxylation is 3. The SMILES string of the molecule is Cc1noc(-n2c(SCc3cccc(-c4ccc5c(c4)nc(SCc4ccccn4)n5-c4nnnn4C)n3)nc3ccc(-c4cccc(OC(F)(F)C(=O)Nc5cccc(CSc6nc7ccccc7n6-c6nnnn6C)n5)c4)cc32)c1C. The van der Waals surface area contributed by atoms with Gasteiger partial charge in [-0.05, 0) is 131 Å². The smallest absolute Gasteiger partial charge is 0.425 e. The lowest BCUT2D eigenvalue weighted by molar-refractivity contribution is -0.187. The Labute approximate surface area is 481 Å². The van der Waals surface area contributed by atoms with Crippen molar-refractivity contribution in [1.82, 2.24) is 89.2 Å². The molecule has 22 nitrogen and oxygen atoms in total. The van der Waals surface area contributed by atoms with Crippen molar-refractivity contribution in [3.8, 4) is 45.9 Å². The minimum Gasteiger partial charge on any atom is -0.425 e. The Balaban J connectivity index is 0.716.